The Morgan fingerprint density at radius 3 is 2.62 bits per heavy atom. The highest BCUT2D eigenvalue weighted by Crippen LogP contribution is 2.49. The van der Waals surface area contributed by atoms with Gasteiger partial charge in [-0.15, -0.1) is 0 Å². The van der Waals surface area contributed by atoms with Crippen LogP contribution in [0, 0.1) is 6.92 Å². The molecule has 86 valence electrons. The fourth-order valence-electron chi connectivity index (χ4n) is 3.11. The van der Waals surface area contributed by atoms with E-state index in [9.17, 15) is 5.11 Å². The van der Waals surface area contributed by atoms with Gasteiger partial charge in [0.2, 0.25) is 0 Å². The predicted octanol–water partition coefficient (Wildman–Crippen LogP) is 2.53. The Balaban J connectivity index is 2.18. The molecule has 0 atom stereocenters. The largest absolute Gasteiger partial charge is 0.508 e. The molecule has 2 aliphatic carbocycles. The van der Waals surface area contributed by atoms with Gasteiger partial charge in [0.05, 0.1) is 0 Å². The van der Waals surface area contributed by atoms with E-state index in [2.05, 4.69) is 6.92 Å². The topological polar surface area (TPSA) is 46.2 Å². The normalized spacial score (nSPS) is 21.6. The lowest BCUT2D eigenvalue weighted by Crippen LogP contribution is -2.22. The van der Waals surface area contributed by atoms with Crippen LogP contribution < -0.4 is 5.73 Å². The number of phenolic OH excluding ortho intramolecular Hbond substituents is 1. The number of rotatable bonds is 1. The Morgan fingerprint density at radius 1 is 1.25 bits per heavy atom. The average Bonchev–Trinajstić information content (AvgIpc) is 2.97. The maximum atomic E-state index is 10.1. The molecule has 0 amide bonds. The molecular formula is C14H19NO. The van der Waals surface area contributed by atoms with Crippen LogP contribution in [0.25, 0.3) is 0 Å². The third kappa shape index (κ3) is 1.36. The van der Waals surface area contributed by atoms with E-state index in [1.807, 2.05) is 6.07 Å². The second-order valence-electron chi connectivity index (χ2n) is 5.40. The van der Waals surface area contributed by atoms with Gasteiger partial charge in [-0.25, -0.2) is 0 Å². The third-order valence-electron chi connectivity index (χ3n) is 4.19. The van der Waals surface area contributed by atoms with E-state index in [0.717, 1.165) is 31.2 Å². The van der Waals surface area contributed by atoms with Crippen molar-refractivity contribution in [2.45, 2.75) is 51.0 Å². The van der Waals surface area contributed by atoms with Crippen molar-refractivity contribution in [2.24, 2.45) is 5.73 Å². The van der Waals surface area contributed by atoms with Crippen molar-refractivity contribution >= 4 is 0 Å². The van der Waals surface area contributed by atoms with Gasteiger partial charge in [-0.05, 0) is 68.2 Å². The number of phenols is 1. The lowest BCUT2D eigenvalue weighted by molar-refractivity contribution is 0.456. The summed E-state index contributed by atoms with van der Waals surface area (Å²) in [5, 5.41) is 10.1. The highest BCUT2D eigenvalue weighted by atomic mass is 16.3. The molecule has 0 radical (unpaired) electrons. The lowest BCUT2D eigenvalue weighted by Gasteiger charge is -2.24. The number of nitrogens with two attached hydrogens (primary N) is 1. The van der Waals surface area contributed by atoms with E-state index in [0.29, 0.717) is 5.75 Å². The lowest BCUT2D eigenvalue weighted by atomic mass is 9.84. The van der Waals surface area contributed by atoms with Gasteiger partial charge in [0, 0.05) is 11.1 Å². The number of aromatic hydroxyl groups is 1. The summed E-state index contributed by atoms with van der Waals surface area (Å²) in [5.74, 6) is 0.429. The molecule has 0 saturated heterocycles. The monoisotopic (exact) mass is 217 g/mol. The summed E-state index contributed by atoms with van der Waals surface area (Å²) in [6.07, 6.45) is 6.82. The first-order valence-corrected chi connectivity index (χ1v) is 6.25. The van der Waals surface area contributed by atoms with Crippen LogP contribution in [0.15, 0.2) is 6.07 Å². The molecular weight excluding hydrogens is 198 g/mol. The third-order valence-corrected chi connectivity index (χ3v) is 4.19. The second kappa shape index (κ2) is 3.24. The molecule has 3 rings (SSSR count). The van der Waals surface area contributed by atoms with Crippen molar-refractivity contribution in [1.82, 2.24) is 0 Å². The second-order valence-corrected chi connectivity index (χ2v) is 5.40. The van der Waals surface area contributed by atoms with Gasteiger partial charge in [-0.1, -0.05) is 0 Å². The molecule has 3 N–H and O–H groups in total. The van der Waals surface area contributed by atoms with Crippen LogP contribution in [0.4, 0.5) is 0 Å². The van der Waals surface area contributed by atoms with Crippen molar-refractivity contribution in [1.29, 1.82) is 0 Å². The first kappa shape index (κ1) is 10.2. The molecule has 2 heteroatoms. The van der Waals surface area contributed by atoms with Gasteiger partial charge in [-0.3, -0.25) is 0 Å². The van der Waals surface area contributed by atoms with Crippen LogP contribution in [0.1, 0.15) is 47.9 Å². The summed E-state index contributed by atoms with van der Waals surface area (Å²) >= 11 is 0. The fraction of sp³-hybridized carbons (Fsp3) is 0.571. The van der Waals surface area contributed by atoms with E-state index in [1.54, 1.807) is 0 Å². The first-order valence-electron chi connectivity index (χ1n) is 6.25. The van der Waals surface area contributed by atoms with Gasteiger partial charge in [0.15, 0.2) is 0 Å². The van der Waals surface area contributed by atoms with Crippen molar-refractivity contribution in [3.8, 4) is 5.75 Å². The van der Waals surface area contributed by atoms with E-state index in [-0.39, 0.29) is 5.54 Å². The zero-order chi connectivity index (χ0) is 11.3. The number of hydrogen-bond acceptors (Lipinski definition) is 2. The molecule has 1 saturated carbocycles. The van der Waals surface area contributed by atoms with Crippen molar-refractivity contribution in [3.63, 3.8) is 0 Å². The van der Waals surface area contributed by atoms with Crippen LogP contribution in [0.5, 0.6) is 5.75 Å². The van der Waals surface area contributed by atoms with E-state index >= 15 is 0 Å². The molecule has 1 aromatic rings. The van der Waals surface area contributed by atoms with Gasteiger partial charge < -0.3 is 10.8 Å². The first-order chi connectivity index (χ1) is 7.62. The standard InChI is InChI=1S/C14H19NO/c1-9-11-5-3-2-4-10(11)8-12(16)13(9)14(15)6-7-14/h8,16H,2-7,15H2,1H3. The maximum absolute atomic E-state index is 10.1. The average molecular weight is 217 g/mol. The fourth-order valence-corrected chi connectivity index (χ4v) is 3.11. The Hall–Kier alpha value is -1.02. The molecule has 1 aromatic carbocycles. The Labute approximate surface area is 96.5 Å². The summed E-state index contributed by atoms with van der Waals surface area (Å²) in [6.45, 7) is 2.13. The molecule has 0 aromatic heterocycles. The van der Waals surface area contributed by atoms with E-state index in [4.69, 9.17) is 5.73 Å². The van der Waals surface area contributed by atoms with Gasteiger partial charge in [0.25, 0.3) is 0 Å². The summed E-state index contributed by atoms with van der Waals surface area (Å²) in [4.78, 5) is 0. The molecule has 2 nitrogen and oxygen atoms in total. The van der Waals surface area contributed by atoms with Gasteiger partial charge >= 0.3 is 0 Å². The molecule has 2 aliphatic rings. The van der Waals surface area contributed by atoms with E-state index < -0.39 is 0 Å². The Morgan fingerprint density at radius 2 is 1.94 bits per heavy atom. The maximum Gasteiger partial charge on any atom is 0.121 e. The van der Waals surface area contributed by atoms with Crippen molar-refractivity contribution in [3.05, 3.63) is 28.3 Å². The Bertz CT molecular complexity index is 447. The molecule has 1 fully saturated rings. The highest BCUT2D eigenvalue weighted by molar-refractivity contribution is 5.54. The number of aryl methyl sites for hydroxylation is 1. The number of fused-ring (bicyclic) bond motifs is 1. The molecule has 0 spiro atoms. The molecule has 0 bridgehead atoms. The number of hydrogen-bond donors (Lipinski definition) is 2. The zero-order valence-electron chi connectivity index (χ0n) is 9.84. The summed E-state index contributed by atoms with van der Waals surface area (Å²) in [5.41, 5.74) is 11.1. The van der Waals surface area contributed by atoms with E-state index in [1.165, 1.54) is 29.5 Å². The van der Waals surface area contributed by atoms with Crippen LogP contribution in [-0.4, -0.2) is 5.11 Å². The minimum absolute atomic E-state index is 0.222. The SMILES string of the molecule is Cc1c2c(cc(O)c1C1(N)CC1)CCCC2. The quantitative estimate of drug-likeness (QED) is 0.759. The number of benzene rings is 1. The van der Waals surface area contributed by atoms with Crippen molar-refractivity contribution in [2.75, 3.05) is 0 Å². The van der Waals surface area contributed by atoms with Crippen LogP contribution in [0.2, 0.25) is 0 Å². The Kier molecular flexibility index (Phi) is 2.05. The van der Waals surface area contributed by atoms with Crippen LogP contribution in [0.3, 0.4) is 0 Å². The predicted molar refractivity (Wildman–Crippen MR) is 64.6 cm³/mol. The minimum atomic E-state index is -0.222. The zero-order valence-corrected chi connectivity index (χ0v) is 9.84. The smallest absolute Gasteiger partial charge is 0.121 e. The summed E-state index contributed by atoms with van der Waals surface area (Å²) in [7, 11) is 0. The molecule has 16 heavy (non-hydrogen) atoms. The van der Waals surface area contributed by atoms with Crippen molar-refractivity contribution < 1.29 is 5.11 Å². The van der Waals surface area contributed by atoms with Gasteiger partial charge in [-0.2, -0.15) is 0 Å². The molecule has 0 unspecified atom stereocenters. The minimum Gasteiger partial charge on any atom is -0.508 e. The molecule has 0 heterocycles. The van der Waals surface area contributed by atoms with Crippen LogP contribution in [-0.2, 0) is 18.4 Å². The summed E-state index contributed by atoms with van der Waals surface area (Å²) < 4.78 is 0. The van der Waals surface area contributed by atoms with Gasteiger partial charge in [0.1, 0.15) is 5.75 Å². The summed E-state index contributed by atoms with van der Waals surface area (Å²) in [6, 6.07) is 1.96. The highest BCUT2D eigenvalue weighted by Gasteiger charge is 2.43. The molecule has 0 aliphatic heterocycles. The van der Waals surface area contributed by atoms with Crippen LogP contribution >= 0.6 is 0 Å².